The predicted octanol–water partition coefficient (Wildman–Crippen LogP) is 2.49. The van der Waals surface area contributed by atoms with E-state index >= 15 is 0 Å². The fraction of sp³-hybridized carbons (Fsp3) is 0.933. The molecule has 1 saturated heterocycles. The van der Waals surface area contributed by atoms with Gasteiger partial charge in [-0.2, -0.15) is 0 Å². The first kappa shape index (κ1) is 14.0. The van der Waals surface area contributed by atoms with Gasteiger partial charge in [0, 0.05) is 39.1 Å². The predicted molar refractivity (Wildman–Crippen MR) is 72.6 cm³/mol. The van der Waals surface area contributed by atoms with E-state index in [2.05, 4.69) is 11.8 Å². The second-order valence-electron chi connectivity index (χ2n) is 5.95. The second kappa shape index (κ2) is 6.67. The summed E-state index contributed by atoms with van der Waals surface area (Å²) in [6.07, 6.45) is 6.97. The van der Waals surface area contributed by atoms with Crippen molar-refractivity contribution in [3.05, 3.63) is 0 Å². The fourth-order valence-electron chi connectivity index (χ4n) is 3.39. The van der Waals surface area contributed by atoms with Crippen molar-refractivity contribution in [2.24, 2.45) is 11.8 Å². The van der Waals surface area contributed by atoms with Crippen molar-refractivity contribution < 1.29 is 9.53 Å². The van der Waals surface area contributed by atoms with Crippen LogP contribution in [0.1, 0.15) is 45.4 Å². The highest BCUT2D eigenvalue weighted by molar-refractivity contribution is 5.81. The summed E-state index contributed by atoms with van der Waals surface area (Å²) in [5, 5.41) is 0. The number of ketones is 1. The molecule has 2 aliphatic rings. The van der Waals surface area contributed by atoms with Gasteiger partial charge in [-0.15, -0.1) is 0 Å². The van der Waals surface area contributed by atoms with Crippen LogP contribution in [0.4, 0.5) is 0 Å². The Hall–Kier alpha value is -0.410. The lowest BCUT2D eigenvalue weighted by Gasteiger charge is -2.35. The molecule has 0 N–H and O–H groups in total. The van der Waals surface area contributed by atoms with Gasteiger partial charge in [-0.25, -0.2) is 0 Å². The molecule has 0 amide bonds. The molecule has 3 heteroatoms. The van der Waals surface area contributed by atoms with Gasteiger partial charge in [0.15, 0.2) is 0 Å². The first-order chi connectivity index (χ1) is 8.72. The Kier molecular flexibility index (Phi) is 5.19. The lowest BCUT2D eigenvalue weighted by atomic mass is 9.79. The molecule has 2 atom stereocenters. The molecule has 2 unspecified atom stereocenters. The Balaban J connectivity index is 1.79. The van der Waals surface area contributed by atoms with Crippen LogP contribution < -0.4 is 0 Å². The van der Waals surface area contributed by atoms with Crippen LogP contribution in [0.25, 0.3) is 0 Å². The van der Waals surface area contributed by atoms with Crippen molar-refractivity contribution in [3.63, 3.8) is 0 Å². The Morgan fingerprint density at radius 3 is 2.61 bits per heavy atom. The van der Waals surface area contributed by atoms with Crippen molar-refractivity contribution >= 4 is 5.78 Å². The number of Topliss-reactive ketones (excluding diaryl/α,β-unsaturated/α-hetero) is 1. The van der Waals surface area contributed by atoms with Crippen LogP contribution >= 0.6 is 0 Å². The van der Waals surface area contributed by atoms with E-state index in [9.17, 15) is 4.79 Å². The lowest BCUT2D eigenvalue weighted by Crippen LogP contribution is -2.42. The Labute approximate surface area is 111 Å². The zero-order chi connectivity index (χ0) is 13.0. The number of hydrogen-bond donors (Lipinski definition) is 0. The molecule has 3 nitrogen and oxygen atoms in total. The van der Waals surface area contributed by atoms with Gasteiger partial charge in [0.1, 0.15) is 5.78 Å². The van der Waals surface area contributed by atoms with E-state index in [1.54, 1.807) is 7.11 Å². The summed E-state index contributed by atoms with van der Waals surface area (Å²) in [6.45, 7) is 5.44. The van der Waals surface area contributed by atoms with Crippen molar-refractivity contribution in [2.75, 3.05) is 26.7 Å². The normalized spacial score (nSPS) is 31.8. The van der Waals surface area contributed by atoms with Gasteiger partial charge < -0.3 is 9.64 Å². The number of ether oxygens (including phenoxy) is 1. The standard InChI is InChI=1S/C15H27NO2/c1-3-12-4-5-15(17)13(10-12)11-16-8-6-14(18-2)7-9-16/h12-14H,3-11H2,1-2H3. The number of carbonyl (C=O) groups is 1. The molecular weight excluding hydrogens is 226 g/mol. The summed E-state index contributed by atoms with van der Waals surface area (Å²) >= 11 is 0. The summed E-state index contributed by atoms with van der Waals surface area (Å²) in [7, 11) is 1.80. The minimum Gasteiger partial charge on any atom is -0.381 e. The maximum atomic E-state index is 12.0. The molecule has 2 fully saturated rings. The van der Waals surface area contributed by atoms with Crippen LogP contribution in [0.3, 0.4) is 0 Å². The molecule has 0 aromatic rings. The quantitative estimate of drug-likeness (QED) is 0.771. The summed E-state index contributed by atoms with van der Waals surface area (Å²) in [5.41, 5.74) is 0. The molecule has 0 bridgehead atoms. The third-order valence-corrected chi connectivity index (χ3v) is 4.80. The maximum Gasteiger partial charge on any atom is 0.137 e. The molecule has 0 aromatic heterocycles. The van der Waals surface area contributed by atoms with E-state index < -0.39 is 0 Å². The topological polar surface area (TPSA) is 29.5 Å². The Bertz CT molecular complexity index is 272. The maximum absolute atomic E-state index is 12.0. The van der Waals surface area contributed by atoms with E-state index in [0.717, 1.165) is 57.7 Å². The highest BCUT2D eigenvalue weighted by Crippen LogP contribution is 2.29. The number of hydrogen-bond acceptors (Lipinski definition) is 3. The number of piperidine rings is 1. The minimum absolute atomic E-state index is 0.308. The van der Waals surface area contributed by atoms with Gasteiger partial charge in [-0.05, 0) is 31.6 Å². The summed E-state index contributed by atoms with van der Waals surface area (Å²) in [5.74, 6) is 1.60. The average Bonchev–Trinajstić information content (AvgIpc) is 2.42. The molecule has 0 spiro atoms. The van der Waals surface area contributed by atoms with Crippen LogP contribution in [0, 0.1) is 11.8 Å². The van der Waals surface area contributed by atoms with Crippen molar-refractivity contribution in [1.29, 1.82) is 0 Å². The largest absolute Gasteiger partial charge is 0.381 e. The van der Waals surface area contributed by atoms with Crippen LogP contribution in [0.2, 0.25) is 0 Å². The summed E-state index contributed by atoms with van der Waals surface area (Å²) in [4.78, 5) is 14.5. The third kappa shape index (κ3) is 3.55. The number of methoxy groups -OCH3 is 1. The summed E-state index contributed by atoms with van der Waals surface area (Å²) in [6, 6.07) is 0. The smallest absolute Gasteiger partial charge is 0.137 e. The van der Waals surface area contributed by atoms with Gasteiger partial charge in [0.25, 0.3) is 0 Å². The van der Waals surface area contributed by atoms with E-state index in [0.29, 0.717) is 17.8 Å². The molecule has 2 rings (SSSR count). The van der Waals surface area contributed by atoms with Crippen LogP contribution in [-0.2, 0) is 9.53 Å². The van der Waals surface area contributed by atoms with E-state index in [-0.39, 0.29) is 0 Å². The molecule has 1 saturated carbocycles. The number of rotatable bonds is 4. The number of nitrogens with zero attached hydrogens (tertiary/aromatic N) is 1. The van der Waals surface area contributed by atoms with Gasteiger partial charge >= 0.3 is 0 Å². The first-order valence-corrected chi connectivity index (χ1v) is 7.50. The van der Waals surface area contributed by atoms with E-state index in [1.807, 2.05) is 0 Å². The first-order valence-electron chi connectivity index (χ1n) is 7.50. The van der Waals surface area contributed by atoms with Gasteiger partial charge in [-0.3, -0.25) is 4.79 Å². The minimum atomic E-state index is 0.308. The van der Waals surface area contributed by atoms with Crippen LogP contribution in [-0.4, -0.2) is 43.5 Å². The third-order valence-electron chi connectivity index (χ3n) is 4.80. The number of carbonyl (C=O) groups excluding carboxylic acids is 1. The number of likely N-dealkylation sites (tertiary alicyclic amines) is 1. The second-order valence-corrected chi connectivity index (χ2v) is 5.95. The Morgan fingerprint density at radius 1 is 1.28 bits per heavy atom. The summed E-state index contributed by atoms with van der Waals surface area (Å²) < 4.78 is 5.39. The molecule has 0 radical (unpaired) electrons. The van der Waals surface area contributed by atoms with Crippen molar-refractivity contribution in [3.8, 4) is 0 Å². The molecule has 1 aliphatic carbocycles. The Morgan fingerprint density at radius 2 is 2.00 bits per heavy atom. The highest BCUT2D eigenvalue weighted by atomic mass is 16.5. The monoisotopic (exact) mass is 253 g/mol. The molecule has 18 heavy (non-hydrogen) atoms. The van der Waals surface area contributed by atoms with E-state index in [1.165, 1.54) is 6.42 Å². The zero-order valence-corrected chi connectivity index (χ0v) is 11.9. The lowest BCUT2D eigenvalue weighted by molar-refractivity contribution is -0.126. The van der Waals surface area contributed by atoms with Crippen LogP contribution in [0.15, 0.2) is 0 Å². The molecule has 104 valence electrons. The average molecular weight is 253 g/mol. The van der Waals surface area contributed by atoms with Gasteiger partial charge in [0.05, 0.1) is 6.10 Å². The van der Waals surface area contributed by atoms with Gasteiger partial charge in [0.2, 0.25) is 0 Å². The van der Waals surface area contributed by atoms with Crippen LogP contribution in [0.5, 0.6) is 0 Å². The SMILES string of the molecule is CCC1CCC(=O)C(CN2CCC(OC)CC2)C1. The molecule has 0 aromatic carbocycles. The molecule has 1 aliphatic heterocycles. The molecular formula is C15H27NO2. The highest BCUT2D eigenvalue weighted by Gasteiger charge is 2.30. The zero-order valence-electron chi connectivity index (χ0n) is 11.9. The molecule has 1 heterocycles. The fourth-order valence-corrected chi connectivity index (χ4v) is 3.39. The van der Waals surface area contributed by atoms with Crippen molar-refractivity contribution in [1.82, 2.24) is 4.90 Å². The van der Waals surface area contributed by atoms with E-state index in [4.69, 9.17) is 4.74 Å². The van der Waals surface area contributed by atoms with Crippen molar-refractivity contribution in [2.45, 2.75) is 51.6 Å². The van der Waals surface area contributed by atoms with Gasteiger partial charge in [-0.1, -0.05) is 13.3 Å².